The summed E-state index contributed by atoms with van der Waals surface area (Å²) >= 11 is 0. The van der Waals surface area contributed by atoms with Crippen molar-refractivity contribution in [1.82, 2.24) is 0 Å². The normalized spacial score (nSPS) is 24.0. The minimum atomic E-state index is -2.85. The molecule has 5 heteroatoms. The molecular formula is C10H10F2O3. The van der Waals surface area contributed by atoms with E-state index in [1.54, 1.807) is 18.2 Å². The Labute approximate surface area is 85.6 Å². The zero-order valence-electron chi connectivity index (χ0n) is 8.02. The van der Waals surface area contributed by atoms with E-state index in [1.807, 2.05) is 6.92 Å². The highest BCUT2D eigenvalue weighted by atomic mass is 19.3. The number of epoxide rings is 1. The van der Waals surface area contributed by atoms with Gasteiger partial charge in [-0.2, -0.15) is 8.78 Å². The Hall–Kier alpha value is -1.36. The lowest BCUT2D eigenvalue weighted by Gasteiger charge is -2.09. The van der Waals surface area contributed by atoms with Crippen LogP contribution in [0.25, 0.3) is 0 Å². The van der Waals surface area contributed by atoms with Crippen LogP contribution in [0.5, 0.6) is 11.5 Å². The second-order valence-corrected chi connectivity index (χ2v) is 3.15. The van der Waals surface area contributed by atoms with Crippen molar-refractivity contribution in [2.24, 2.45) is 0 Å². The number of benzene rings is 1. The average Bonchev–Trinajstić information content (AvgIpc) is 2.84. The van der Waals surface area contributed by atoms with Crippen molar-refractivity contribution in [3.8, 4) is 11.5 Å². The van der Waals surface area contributed by atoms with Crippen LogP contribution < -0.4 is 9.47 Å². The van der Waals surface area contributed by atoms with E-state index in [9.17, 15) is 8.78 Å². The Morgan fingerprint density at radius 2 is 1.87 bits per heavy atom. The highest BCUT2D eigenvalue weighted by molar-refractivity contribution is 5.39. The highest BCUT2D eigenvalue weighted by Crippen LogP contribution is 2.33. The summed E-state index contributed by atoms with van der Waals surface area (Å²) in [5, 5.41) is 0. The summed E-state index contributed by atoms with van der Waals surface area (Å²) in [6, 6.07) is 6.27. The Bertz CT molecular complexity index is 343. The van der Waals surface area contributed by atoms with Gasteiger partial charge in [-0.05, 0) is 19.1 Å². The monoisotopic (exact) mass is 216 g/mol. The Morgan fingerprint density at radius 3 is 2.40 bits per heavy atom. The molecule has 1 heterocycles. The van der Waals surface area contributed by atoms with Crippen molar-refractivity contribution in [2.45, 2.75) is 25.9 Å². The third-order valence-corrected chi connectivity index (χ3v) is 1.96. The molecule has 2 unspecified atom stereocenters. The fourth-order valence-corrected chi connectivity index (χ4v) is 1.16. The molecule has 0 aliphatic carbocycles. The summed E-state index contributed by atoms with van der Waals surface area (Å²) < 4.78 is 38.6. The number of hydrogen-bond donors (Lipinski definition) is 0. The van der Waals surface area contributed by atoms with Crippen molar-refractivity contribution in [1.29, 1.82) is 0 Å². The SMILES string of the molecule is CC1OC1Oc1ccccc1OC(F)F. The van der Waals surface area contributed by atoms with Crippen LogP contribution in [0.2, 0.25) is 0 Å². The van der Waals surface area contributed by atoms with Crippen LogP contribution in [0.1, 0.15) is 6.92 Å². The zero-order chi connectivity index (χ0) is 10.8. The second kappa shape index (κ2) is 4.02. The van der Waals surface area contributed by atoms with Crippen LogP contribution in [0.3, 0.4) is 0 Å². The maximum absolute atomic E-state index is 12.0. The second-order valence-electron chi connectivity index (χ2n) is 3.15. The Balaban J connectivity index is 2.07. The maximum atomic E-state index is 12.0. The van der Waals surface area contributed by atoms with Gasteiger partial charge in [0.2, 0.25) is 6.29 Å². The summed E-state index contributed by atoms with van der Waals surface area (Å²) in [5.74, 6) is 0.294. The van der Waals surface area contributed by atoms with Gasteiger partial charge in [-0.1, -0.05) is 12.1 Å². The summed E-state index contributed by atoms with van der Waals surface area (Å²) in [7, 11) is 0. The van der Waals surface area contributed by atoms with Gasteiger partial charge in [-0.3, -0.25) is 0 Å². The largest absolute Gasteiger partial charge is 0.458 e. The average molecular weight is 216 g/mol. The van der Waals surface area contributed by atoms with Gasteiger partial charge >= 0.3 is 6.61 Å². The quantitative estimate of drug-likeness (QED) is 0.724. The van der Waals surface area contributed by atoms with Gasteiger partial charge in [0.05, 0.1) is 0 Å². The van der Waals surface area contributed by atoms with Gasteiger partial charge in [-0.25, -0.2) is 0 Å². The van der Waals surface area contributed by atoms with Crippen molar-refractivity contribution in [2.75, 3.05) is 0 Å². The van der Waals surface area contributed by atoms with E-state index in [-0.39, 0.29) is 23.9 Å². The van der Waals surface area contributed by atoms with Gasteiger partial charge in [0.15, 0.2) is 11.5 Å². The van der Waals surface area contributed by atoms with Crippen LogP contribution in [0.4, 0.5) is 8.78 Å². The number of rotatable bonds is 4. The number of hydrogen-bond acceptors (Lipinski definition) is 3. The third kappa shape index (κ3) is 2.56. The first kappa shape index (κ1) is 10.2. The molecule has 1 aromatic rings. The molecule has 0 amide bonds. The number of ether oxygens (including phenoxy) is 3. The first-order valence-electron chi connectivity index (χ1n) is 4.53. The van der Waals surface area contributed by atoms with Crippen LogP contribution in [-0.2, 0) is 4.74 Å². The minimum absolute atomic E-state index is 0.00426. The van der Waals surface area contributed by atoms with Crippen LogP contribution >= 0.6 is 0 Å². The topological polar surface area (TPSA) is 31.0 Å². The predicted molar refractivity (Wildman–Crippen MR) is 48.0 cm³/mol. The molecule has 2 atom stereocenters. The lowest BCUT2D eigenvalue weighted by Crippen LogP contribution is -2.06. The summed E-state index contributed by atoms with van der Waals surface area (Å²) in [5.41, 5.74) is 0. The molecule has 82 valence electrons. The number of para-hydroxylation sites is 2. The first-order chi connectivity index (χ1) is 7.16. The van der Waals surface area contributed by atoms with Gasteiger partial charge in [0.1, 0.15) is 6.10 Å². The van der Waals surface area contributed by atoms with Crippen LogP contribution in [-0.4, -0.2) is 19.0 Å². The minimum Gasteiger partial charge on any atom is -0.458 e. The smallest absolute Gasteiger partial charge is 0.387 e. The molecule has 0 spiro atoms. The van der Waals surface area contributed by atoms with Gasteiger partial charge < -0.3 is 14.2 Å². The van der Waals surface area contributed by atoms with E-state index in [4.69, 9.17) is 9.47 Å². The van der Waals surface area contributed by atoms with E-state index in [0.29, 0.717) is 0 Å². The molecule has 0 saturated carbocycles. The summed E-state index contributed by atoms with van der Waals surface area (Å²) in [6.45, 7) is -1.02. The van der Waals surface area contributed by atoms with Crippen LogP contribution in [0.15, 0.2) is 24.3 Å². The fraction of sp³-hybridized carbons (Fsp3) is 0.400. The predicted octanol–water partition coefficient (Wildman–Crippen LogP) is 2.41. The van der Waals surface area contributed by atoms with E-state index < -0.39 is 6.61 Å². The molecule has 15 heavy (non-hydrogen) atoms. The van der Waals surface area contributed by atoms with E-state index in [1.165, 1.54) is 6.07 Å². The molecule has 1 aliphatic heterocycles. The van der Waals surface area contributed by atoms with Gasteiger partial charge in [0.25, 0.3) is 0 Å². The molecule has 0 N–H and O–H groups in total. The molecular weight excluding hydrogens is 206 g/mol. The van der Waals surface area contributed by atoms with E-state index in [2.05, 4.69) is 4.74 Å². The van der Waals surface area contributed by atoms with Gasteiger partial charge in [-0.15, -0.1) is 0 Å². The molecule has 1 aromatic carbocycles. The third-order valence-electron chi connectivity index (χ3n) is 1.96. The summed E-state index contributed by atoms with van der Waals surface area (Å²) in [4.78, 5) is 0. The van der Waals surface area contributed by atoms with Crippen molar-refractivity contribution in [3.63, 3.8) is 0 Å². The lowest BCUT2D eigenvalue weighted by atomic mass is 10.3. The molecule has 1 saturated heterocycles. The molecule has 0 aromatic heterocycles. The van der Waals surface area contributed by atoms with E-state index >= 15 is 0 Å². The standard InChI is InChI=1S/C10H10F2O3/c1-6-9(13-6)14-7-4-2-3-5-8(7)15-10(11)12/h2-6,9-10H,1H3. The lowest BCUT2D eigenvalue weighted by molar-refractivity contribution is -0.0520. The molecule has 0 bridgehead atoms. The van der Waals surface area contributed by atoms with Gasteiger partial charge in [0, 0.05) is 0 Å². The summed E-state index contributed by atoms with van der Waals surface area (Å²) in [6.07, 6.45) is -0.350. The molecule has 1 aliphatic rings. The zero-order valence-corrected chi connectivity index (χ0v) is 8.02. The van der Waals surface area contributed by atoms with Crippen molar-refractivity contribution < 1.29 is 23.0 Å². The maximum Gasteiger partial charge on any atom is 0.387 e. The molecule has 3 nitrogen and oxygen atoms in total. The first-order valence-corrected chi connectivity index (χ1v) is 4.53. The Kier molecular flexibility index (Phi) is 2.73. The van der Waals surface area contributed by atoms with Crippen molar-refractivity contribution in [3.05, 3.63) is 24.3 Å². The number of alkyl halides is 2. The van der Waals surface area contributed by atoms with E-state index in [0.717, 1.165) is 0 Å². The number of halogens is 2. The Morgan fingerprint density at radius 1 is 1.27 bits per heavy atom. The van der Waals surface area contributed by atoms with Crippen molar-refractivity contribution >= 4 is 0 Å². The highest BCUT2D eigenvalue weighted by Gasteiger charge is 2.37. The molecule has 2 rings (SSSR count). The fourth-order valence-electron chi connectivity index (χ4n) is 1.16. The van der Waals surface area contributed by atoms with Crippen LogP contribution in [0, 0.1) is 0 Å². The molecule has 0 radical (unpaired) electrons. The molecule has 1 fully saturated rings.